The van der Waals surface area contributed by atoms with Crippen molar-refractivity contribution in [1.29, 1.82) is 0 Å². The van der Waals surface area contributed by atoms with E-state index < -0.39 is 0 Å². The Labute approximate surface area is 319 Å². The molecule has 0 aliphatic rings. The second-order valence-corrected chi connectivity index (χ2v) is 13.7. The van der Waals surface area contributed by atoms with Gasteiger partial charge >= 0.3 is 0 Å². The van der Waals surface area contributed by atoms with E-state index in [-0.39, 0.29) is 0 Å². The monoisotopic (exact) mass is 702 g/mol. The Balaban J connectivity index is 1.21. The van der Waals surface area contributed by atoms with Crippen molar-refractivity contribution in [3.05, 3.63) is 206 Å². The van der Waals surface area contributed by atoms with Gasteiger partial charge < -0.3 is 4.57 Å². The summed E-state index contributed by atoms with van der Waals surface area (Å²) >= 11 is 0. The molecule has 2 aromatic heterocycles. The molecule has 0 unspecified atom stereocenters. The topological polar surface area (TPSA) is 43.6 Å². The van der Waals surface area contributed by atoms with Crippen molar-refractivity contribution in [3.8, 4) is 73.2 Å². The molecule has 0 aliphatic heterocycles. The summed E-state index contributed by atoms with van der Waals surface area (Å²) in [6.45, 7) is 0. The fourth-order valence-corrected chi connectivity index (χ4v) is 7.60. The SMILES string of the molecule is c1ccc(-c2cccc(-c3nc(-c4ccccc4)nc(-c4ccc(-c5cccc(-c6ccccc6)c5)c(-n5c6ccccc6c6ccccc65)c4)n3)c2)cc1. The molecule has 0 spiro atoms. The molecule has 2 heterocycles. The van der Waals surface area contributed by atoms with E-state index in [9.17, 15) is 0 Å². The lowest BCUT2D eigenvalue weighted by atomic mass is 9.96. The van der Waals surface area contributed by atoms with Crippen LogP contribution in [-0.2, 0) is 0 Å². The third-order valence-corrected chi connectivity index (χ3v) is 10.3. The predicted octanol–water partition coefficient (Wildman–Crippen LogP) is 13.0. The highest BCUT2D eigenvalue weighted by molar-refractivity contribution is 6.10. The number of para-hydroxylation sites is 2. The van der Waals surface area contributed by atoms with E-state index in [2.05, 4.69) is 187 Å². The number of hydrogen-bond donors (Lipinski definition) is 0. The molecule has 10 aromatic rings. The minimum atomic E-state index is 0.612. The maximum atomic E-state index is 5.21. The Morgan fingerprint density at radius 1 is 0.273 bits per heavy atom. The molecule has 0 saturated heterocycles. The third-order valence-electron chi connectivity index (χ3n) is 10.3. The summed E-state index contributed by atoms with van der Waals surface area (Å²) in [6, 6.07) is 72.3. The maximum Gasteiger partial charge on any atom is 0.164 e. The molecule has 0 fully saturated rings. The lowest BCUT2D eigenvalue weighted by molar-refractivity contribution is 1.07. The van der Waals surface area contributed by atoms with Gasteiger partial charge in [0.2, 0.25) is 0 Å². The Morgan fingerprint density at radius 2 is 0.673 bits per heavy atom. The largest absolute Gasteiger partial charge is 0.309 e. The number of nitrogens with zero attached hydrogens (tertiary/aromatic N) is 4. The molecular weight excluding hydrogens is 669 g/mol. The standard InChI is InChI=1S/C51H34N4/c1-4-16-35(17-5-1)38-22-14-24-40(32-38)43-31-30-42(34-48(43)55-46-28-12-10-26-44(46)45-27-11-13-29-47(45)55)51-53-49(37-20-8-3-9-21-37)52-50(54-51)41-25-15-23-39(33-41)36-18-6-2-7-19-36/h1-34H. The first-order valence-corrected chi connectivity index (χ1v) is 18.5. The molecule has 55 heavy (non-hydrogen) atoms. The molecule has 0 saturated carbocycles. The van der Waals surface area contributed by atoms with Gasteiger partial charge in [-0.2, -0.15) is 0 Å². The molecule has 0 N–H and O–H groups in total. The number of benzene rings is 8. The van der Waals surface area contributed by atoms with Gasteiger partial charge in [-0.1, -0.05) is 176 Å². The van der Waals surface area contributed by atoms with Crippen molar-refractivity contribution < 1.29 is 0 Å². The molecule has 0 amide bonds. The van der Waals surface area contributed by atoms with Crippen LogP contribution in [0.5, 0.6) is 0 Å². The van der Waals surface area contributed by atoms with Gasteiger partial charge in [-0.25, -0.2) is 15.0 Å². The minimum Gasteiger partial charge on any atom is -0.309 e. The van der Waals surface area contributed by atoms with Crippen LogP contribution in [-0.4, -0.2) is 19.5 Å². The zero-order chi connectivity index (χ0) is 36.6. The molecule has 10 rings (SSSR count). The molecule has 0 aliphatic carbocycles. The average Bonchev–Trinajstić information content (AvgIpc) is 3.61. The molecule has 0 radical (unpaired) electrons. The van der Waals surface area contributed by atoms with Crippen molar-refractivity contribution in [2.24, 2.45) is 0 Å². The maximum absolute atomic E-state index is 5.21. The minimum absolute atomic E-state index is 0.612. The van der Waals surface area contributed by atoms with Crippen LogP contribution in [0, 0.1) is 0 Å². The Hall–Kier alpha value is -7.43. The highest BCUT2D eigenvalue weighted by Gasteiger charge is 2.19. The molecule has 258 valence electrons. The molecule has 4 nitrogen and oxygen atoms in total. The summed E-state index contributed by atoms with van der Waals surface area (Å²) < 4.78 is 2.39. The molecule has 8 aromatic carbocycles. The van der Waals surface area contributed by atoms with Crippen LogP contribution in [0.2, 0.25) is 0 Å². The van der Waals surface area contributed by atoms with E-state index in [0.29, 0.717) is 17.5 Å². The van der Waals surface area contributed by atoms with Gasteiger partial charge in [0.05, 0.1) is 16.7 Å². The van der Waals surface area contributed by atoms with Crippen molar-refractivity contribution >= 4 is 21.8 Å². The summed E-state index contributed by atoms with van der Waals surface area (Å²) in [5.41, 5.74) is 12.9. The van der Waals surface area contributed by atoms with E-state index in [4.69, 9.17) is 15.0 Å². The smallest absolute Gasteiger partial charge is 0.164 e. The first kappa shape index (κ1) is 32.2. The van der Waals surface area contributed by atoms with Crippen LogP contribution in [0.25, 0.3) is 95.0 Å². The lowest BCUT2D eigenvalue weighted by Crippen LogP contribution is -2.02. The molecule has 0 bridgehead atoms. The summed E-state index contributed by atoms with van der Waals surface area (Å²) in [5.74, 6) is 1.86. The molecule has 4 heteroatoms. The second-order valence-electron chi connectivity index (χ2n) is 13.7. The van der Waals surface area contributed by atoms with Gasteiger partial charge in [-0.15, -0.1) is 0 Å². The zero-order valence-corrected chi connectivity index (χ0v) is 29.9. The number of fused-ring (bicyclic) bond motifs is 3. The quantitative estimate of drug-likeness (QED) is 0.166. The van der Waals surface area contributed by atoms with Crippen molar-refractivity contribution in [1.82, 2.24) is 19.5 Å². The third kappa shape index (κ3) is 6.06. The van der Waals surface area contributed by atoms with E-state index in [1.54, 1.807) is 0 Å². The highest BCUT2D eigenvalue weighted by atomic mass is 15.0. The van der Waals surface area contributed by atoms with Gasteiger partial charge in [0.15, 0.2) is 17.5 Å². The van der Waals surface area contributed by atoms with Crippen molar-refractivity contribution in [2.75, 3.05) is 0 Å². The van der Waals surface area contributed by atoms with Gasteiger partial charge in [0, 0.05) is 33.0 Å². The first-order chi connectivity index (χ1) is 27.3. The van der Waals surface area contributed by atoms with Gasteiger partial charge in [-0.3, -0.25) is 0 Å². The van der Waals surface area contributed by atoms with E-state index >= 15 is 0 Å². The number of hydrogen-bond acceptors (Lipinski definition) is 3. The van der Waals surface area contributed by atoms with E-state index in [1.165, 1.54) is 21.9 Å². The van der Waals surface area contributed by atoms with Gasteiger partial charge in [0.25, 0.3) is 0 Å². The first-order valence-electron chi connectivity index (χ1n) is 18.5. The van der Waals surface area contributed by atoms with Crippen LogP contribution >= 0.6 is 0 Å². The van der Waals surface area contributed by atoms with E-state index in [0.717, 1.165) is 55.7 Å². The Morgan fingerprint density at radius 3 is 1.24 bits per heavy atom. The van der Waals surface area contributed by atoms with Gasteiger partial charge in [0.1, 0.15) is 0 Å². The highest BCUT2D eigenvalue weighted by Crippen LogP contribution is 2.39. The fraction of sp³-hybridized carbons (Fsp3) is 0. The summed E-state index contributed by atoms with van der Waals surface area (Å²) in [4.78, 5) is 15.4. The number of aromatic nitrogens is 4. The Bertz CT molecular complexity index is 2920. The normalized spacial score (nSPS) is 11.3. The van der Waals surface area contributed by atoms with Crippen LogP contribution < -0.4 is 0 Å². The van der Waals surface area contributed by atoms with Gasteiger partial charge in [-0.05, 0) is 58.1 Å². The van der Waals surface area contributed by atoms with Crippen LogP contribution in [0.1, 0.15) is 0 Å². The second kappa shape index (κ2) is 13.8. The summed E-state index contributed by atoms with van der Waals surface area (Å²) in [6.07, 6.45) is 0. The summed E-state index contributed by atoms with van der Waals surface area (Å²) in [5, 5.41) is 2.42. The fourth-order valence-electron chi connectivity index (χ4n) is 7.60. The number of rotatable bonds is 7. The van der Waals surface area contributed by atoms with Crippen molar-refractivity contribution in [2.45, 2.75) is 0 Å². The van der Waals surface area contributed by atoms with Crippen molar-refractivity contribution in [3.63, 3.8) is 0 Å². The summed E-state index contributed by atoms with van der Waals surface area (Å²) in [7, 11) is 0. The van der Waals surface area contributed by atoms with E-state index in [1.807, 2.05) is 24.3 Å². The van der Waals surface area contributed by atoms with Crippen LogP contribution in [0.4, 0.5) is 0 Å². The zero-order valence-electron chi connectivity index (χ0n) is 29.9. The predicted molar refractivity (Wildman–Crippen MR) is 227 cm³/mol. The Kier molecular flexibility index (Phi) is 8.12. The lowest BCUT2D eigenvalue weighted by Gasteiger charge is -2.17. The van der Waals surface area contributed by atoms with Crippen LogP contribution in [0.15, 0.2) is 206 Å². The average molecular weight is 703 g/mol. The molecular formula is C51H34N4. The van der Waals surface area contributed by atoms with Crippen LogP contribution in [0.3, 0.4) is 0 Å². The molecule has 0 atom stereocenters.